The van der Waals surface area contributed by atoms with Crippen molar-refractivity contribution in [1.29, 1.82) is 0 Å². The molecule has 0 bridgehead atoms. The summed E-state index contributed by atoms with van der Waals surface area (Å²) in [6, 6.07) is 0. The van der Waals surface area contributed by atoms with E-state index < -0.39 is 0 Å². The van der Waals surface area contributed by atoms with Crippen LogP contribution in [0.1, 0.15) is 25.5 Å². The largest absolute Gasteiger partial charge is 0.392 e. The summed E-state index contributed by atoms with van der Waals surface area (Å²) in [6.45, 7) is 8.07. The quantitative estimate of drug-likeness (QED) is 0.768. The molecular weight excluding hydrogens is 192 g/mol. The number of rotatable bonds is 5. The summed E-state index contributed by atoms with van der Waals surface area (Å²) in [5, 5.41) is 17.4. The fourth-order valence-corrected chi connectivity index (χ4v) is 1.71. The minimum atomic E-state index is -0.311. The first-order valence-electron chi connectivity index (χ1n) is 5.29. The smallest absolute Gasteiger partial charge is 0.147 e. The Hall–Kier alpha value is -0.940. The summed E-state index contributed by atoms with van der Waals surface area (Å²) >= 11 is 0. The molecule has 0 fully saturated rings. The minimum Gasteiger partial charge on any atom is -0.392 e. The Kier molecular flexibility index (Phi) is 4.23. The molecule has 1 aromatic rings. The summed E-state index contributed by atoms with van der Waals surface area (Å²) < 4.78 is 2.08. The number of likely N-dealkylation sites (N-methyl/N-ethyl adjacent to an activating group) is 1. The van der Waals surface area contributed by atoms with Gasteiger partial charge in [0.2, 0.25) is 0 Å². The molecule has 1 aromatic heterocycles. The molecule has 5 heteroatoms. The van der Waals surface area contributed by atoms with E-state index in [-0.39, 0.29) is 6.10 Å². The number of aliphatic hydroxyl groups excluding tert-OH is 1. The van der Waals surface area contributed by atoms with Crippen molar-refractivity contribution in [3.05, 3.63) is 11.6 Å². The van der Waals surface area contributed by atoms with Gasteiger partial charge >= 0.3 is 0 Å². The van der Waals surface area contributed by atoms with E-state index in [0.29, 0.717) is 6.54 Å². The number of nitrogens with zero attached hydrogens (tertiary/aromatic N) is 4. The summed E-state index contributed by atoms with van der Waals surface area (Å²) in [5.74, 6) is 1.90. The fraction of sp³-hybridized carbons (Fsp3) is 0.800. The predicted molar refractivity (Wildman–Crippen MR) is 58.4 cm³/mol. The van der Waals surface area contributed by atoms with E-state index in [1.807, 2.05) is 18.9 Å². The minimum absolute atomic E-state index is 0.311. The highest BCUT2D eigenvalue weighted by molar-refractivity contribution is 4.93. The normalized spacial score (nSPS) is 13.5. The molecule has 0 radical (unpaired) electrons. The number of hydrogen-bond donors (Lipinski definition) is 1. The fourth-order valence-electron chi connectivity index (χ4n) is 1.71. The van der Waals surface area contributed by atoms with Gasteiger partial charge in [-0.1, -0.05) is 0 Å². The summed E-state index contributed by atoms with van der Waals surface area (Å²) in [6.07, 6.45) is -0.311. The molecule has 1 atom stereocenters. The van der Waals surface area contributed by atoms with Crippen LogP contribution < -0.4 is 0 Å². The zero-order valence-electron chi connectivity index (χ0n) is 9.93. The third-order valence-electron chi connectivity index (χ3n) is 2.32. The molecule has 0 saturated carbocycles. The maximum Gasteiger partial charge on any atom is 0.147 e. The molecule has 0 aliphatic carbocycles. The summed E-state index contributed by atoms with van der Waals surface area (Å²) in [5.41, 5.74) is 0. The Morgan fingerprint density at radius 3 is 2.67 bits per heavy atom. The van der Waals surface area contributed by atoms with Crippen LogP contribution in [-0.4, -0.2) is 44.5 Å². The van der Waals surface area contributed by atoms with E-state index in [1.165, 1.54) is 0 Å². The predicted octanol–water partition coefficient (Wildman–Crippen LogP) is 0.419. The van der Waals surface area contributed by atoms with Gasteiger partial charge in [-0.3, -0.25) is 4.90 Å². The highest BCUT2D eigenvalue weighted by Crippen LogP contribution is 2.04. The van der Waals surface area contributed by atoms with Crippen LogP contribution in [0.3, 0.4) is 0 Å². The molecule has 86 valence electrons. The SMILES string of the molecule is CCn1c(C)nnc1CN(C)CC(C)O. The number of aliphatic hydroxyl groups is 1. The van der Waals surface area contributed by atoms with Crippen LogP contribution in [0, 0.1) is 6.92 Å². The van der Waals surface area contributed by atoms with E-state index in [2.05, 4.69) is 21.7 Å². The van der Waals surface area contributed by atoms with Crippen molar-refractivity contribution >= 4 is 0 Å². The second-order valence-corrected chi connectivity index (χ2v) is 3.95. The van der Waals surface area contributed by atoms with Crippen LogP contribution in [0.5, 0.6) is 0 Å². The molecule has 0 spiro atoms. The third kappa shape index (κ3) is 3.28. The average molecular weight is 212 g/mol. The number of aryl methyl sites for hydroxylation is 1. The van der Waals surface area contributed by atoms with Gasteiger partial charge in [0.25, 0.3) is 0 Å². The highest BCUT2D eigenvalue weighted by Gasteiger charge is 2.10. The first-order chi connectivity index (χ1) is 7.04. The lowest BCUT2D eigenvalue weighted by Crippen LogP contribution is -2.28. The highest BCUT2D eigenvalue weighted by atomic mass is 16.3. The van der Waals surface area contributed by atoms with Crippen molar-refractivity contribution < 1.29 is 5.11 Å². The molecule has 1 heterocycles. The zero-order chi connectivity index (χ0) is 11.4. The van der Waals surface area contributed by atoms with Crippen molar-refractivity contribution in [2.24, 2.45) is 0 Å². The molecule has 0 aliphatic heterocycles. The van der Waals surface area contributed by atoms with E-state index in [1.54, 1.807) is 6.92 Å². The Balaban J connectivity index is 2.63. The lowest BCUT2D eigenvalue weighted by molar-refractivity contribution is 0.136. The van der Waals surface area contributed by atoms with Crippen molar-refractivity contribution in [2.45, 2.75) is 40.0 Å². The monoisotopic (exact) mass is 212 g/mol. The summed E-state index contributed by atoms with van der Waals surface area (Å²) in [7, 11) is 1.97. The van der Waals surface area contributed by atoms with Crippen LogP contribution in [0.4, 0.5) is 0 Å². The van der Waals surface area contributed by atoms with Crippen LogP contribution in [0.25, 0.3) is 0 Å². The Bertz CT molecular complexity index is 308. The topological polar surface area (TPSA) is 54.2 Å². The van der Waals surface area contributed by atoms with Crippen LogP contribution >= 0.6 is 0 Å². The molecule has 1 unspecified atom stereocenters. The number of aromatic nitrogens is 3. The van der Waals surface area contributed by atoms with Gasteiger partial charge in [0.05, 0.1) is 12.6 Å². The van der Waals surface area contributed by atoms with Crippen LogP contribution in [-0.2, 0) is 13.1 Å². The lowest BCUT2D eigenvalue weighted by atomic mass is 10.3. The number of hydrogen-bond acceptors (Lipinski definition) is 4. The second kappa shape index (κ2) is 5.23. The molecule has 5 nitrogen and oxygen atoms in total. The van der Waals surface area contributed by atoms with Gasteiger partial charge in [0.1, 0.15) is 11.6 Å². The molecule has 15 heavy (non-hydrogen) atoms. The third-order valence-corrected chi connectivity index (χ3v) is 2.32. The molecule has 0 aliphatic rings. The standard InChI is InChI=1S/C10H20N4O/c1-5-14-9(3)11-12-10(14)7-13(4)6-8(2)15/h8,15H,5-7H2,1-4H3. The molecule has 1 N–H and O–H groups in total. The van der Waals surface area contributed by atoms with Gasteiger partial charge in [-0.05, 0) is 27.8 Å². The zero-order valence-corrected chi connectivity index (χ0v) is 9.93. The molecule has 0 aromatic carbocycles. The Labute approximate surface area is 90.7 Å². The van der Waals surface area contributed by atoms with E-state index in [9.17, 15) is 5.11 Å². The van der Waals surface area contributed by atoms with Gasteiger partial charge in [0.15, 0.2) is 0 Å². The maximum atomic E-state index is 9.25. The van der Waals surface area contributed by atoms with Gasteiger partial charge in [0, 0.05) is 13.1 Å². The molecule has 1 rings (SSSR count). The second-order valence-electron chi connectivity index (χ2n) is 3.95. The molecular formula is C10H20N4O. The van der Waals surface area contributed by atoms with Gasteiger partial charge in [-0.25, -0.2) is 0 Å². The van der Waals surface area contributed by atoms with Gasteiger partial charge in [-0.15, -0.1) is 10.2 Å². The van der Waals surface area contributed by atoms with Gasteiger partial charge in [-0.2, -0.15) is 0 Å². The van der Waals surface area contributed by atoms with E-state index in [0.717, 1.165) is 24.7 Å². The summed E-state index contributed by atoms with van der Waals surface area (Å²) in [4.78, 5) is 2.04. The molecule has 0 saturated heterocycles. The lowest BCUT2D eigenvalue weighted by Gasteiger charge is -2.17. The van der Waals surface area contributed by atoms with Gasteiger partial charge < -0.3 is 9.67 Å². The van der Waals surface area contributed by atoms with E-state index in [4.69, 9.17) is 0 Å². The molecule has 0 amide bonds. The first kappa shape index (κ1) is 12.1. The van der Waals surface area contributed by atoms with Crippen LogP contribution in [0.2, 0.25) is 0 Å². The Morgan fingerprint density at radius 2 is 2.13 bits per heavy atom. The van der Waals surface area contributed by atoms with E-state index >= 15 is 0 Å². The van der Waals surface area contributed by atoms with Crippen LogP contribution in [0.15, 0.2) is 0 Å². The maximum absolute atomic E-state index is 9.25. The first-order valence-corrected chi connectivity index (χ1v) is 5.29. The van der Waals surface area contributed by atoms with Crippen molar-refractivity contribution in [1.82, 2.24) is 19.7 Å². The van der Waals surface area contributed by atoms with Crippen molar-refractivity contribution in [2.75, 3.05) is 13.6 Å². The average Bonchev–Trinajstić information content (AvgIpc) is 2.45. The van der Waals surface area contributed by atoms with Crippen molar-refractivity contribution in [3.8, 4) is 0 Å². The Morgan fingerprint density at radius 1 is 1.47 bits per heavy atom. The van der Waals surface area contributed by atoms with Crippen molar-refractivity contribution in [3.63, 3.8) is 0 Å².